The van der Waals surface area contributed by atoms with Crippen molar-refractivity contribution in [3.05, 3.63) is 63.4 Å². The average Bonchev–Trinajstić information content (AvgIpc) is 2.45. The molecule has 1 aromatic heterocycles. The molecule has 0 radical (unpaired) electrons. The number of hydrogen-bond donors (Lipinski definition) is 0. The highest BCUT2D eigenvalue weighted by Gasteiger charge is 2.19. The van der Waals surface area contributed by atoms with E-state index in [0.29, 0.717) is 10.0 Å². The van der Waals surface area contributed by atoms with E-state index in [0.717, 1.165) is 17.8 Å². The monoisotopic (exact) mass is 330 g/mol. The summed E-state index contributed by atoms with van der Waals surface area (Å²) in [6.45, 7) is 0.180. The number of halogens is 4. The highest BCUT2D eigenvalue weighted by molar-refractivity contribution is 6.42. The van der Waals surface area contributed by atoms with Crippen molar-refractivity contribution in [3.63, 3.8) is 0 Å². The zero-order chi connectivity index (χ0) is 15.6. The van der Waals surface area contributed by atoms with Gasteiger partial charge in [0.15, 0.2) is 5.82 Å². The molecule has 3 nitrogen and oxygen atoms in total. The molecule has 0 fully saturated rings. The van der Waals surface area contributed by atoms with Gasteiger partial charge < -0.3 is 4.90 Å². The fourth-order valence-corrected chi connectivity index (χ4v) is 2.09. The van der Waals surface area contributed by atoms with Crippen molar-refractivity contribution in [2.45, 2.75) is 6.54 Å². The molecule has 7 heteroatoms. The Morgan fingerprint density at radius 1 is 1.24 bits per heavy atom. The van der Waals surface area contributed by atoms with E-state index in [1.54, 1.807) is 18.2 Å². The minimum absolute atomic E-state index is 0.180. The van der Waals surface area contributed by atoms with E-state index < -0.39 is 17.7 Å². The zero-order valence-electron chi connectivity index (χ0n) is 10.9. The van der Waals surface area contributed by atoms with Crippen LogP contribution in [0.25, 0.3) is 0 Å². The normalized spacial score (nSPS) is 10.5. The summed E-state index contributed by atoms with van der Waals surface area (Å²) in [5, 5.41) is 0.757. The first kappa shape index (κ1) is 15.7. The Kier molecular flexibility index (Phi) is 4.75. The fourth-order valence-electron chi connectivity index (χ4n) is 1.77. The Morgan fingerprint density at radius 3 is 2.62 bits per heavy atom. The van der Waals surface area contributed by atoms with Gasteiger partial charge in [-0.2, -0.15) is 4.39 Å². The van der Waals surface area contributed by atoms with Gasteiger partial charge in [0.1, 0.15) is 0 Å². The molecule has 2 aromatic rings. The number of carbonyl (C=O) groups is 1. The summed E-state index contributed by atoms with van der Waals surface area (Å²) in [6, 6.07) is 6.04. The van der Waals surface area contributed by atoms with Gasteiger partial charge in [0, 0.05) is 19.8 Å². The van der Waals surface area contributed by atoms with E-state index in [4.69, 9.17) is 23.2 Å². The summed E-state index contributed by atoms with van der Waals surface area (Å²) in [5.41, 5.74) is 0.347. The molecule has 0 saturated heterocycles. The summed E-state index contributed by atoms with van der Waals surface area (Å²) in [4.78, 5) is 16.5. The molecule has 1 heterocycles. The van der Waals surface area contributed by atoms with E-state index in [1.165, 1.54) is 11.9 Å². The molecule has 0 spiro atoms. The van der Waals surface area contributed by atoms with Crippen LogP contribution in [0, 0.1) is 11.8 Å². The van der Waals surface area contributed by atoms with Crippen molar-refractivity contribution in [3.8, 4) is 0 Å². The molecule has 0 N–H and O–H groups in total. The number of hydrogen-bond acceptors (Lipinski definition) is 2. The number of carbonyl (C=O) groups excluding carboxylic acids is 1. The van der Waals surface area contributed by atoms with Gasteiger partial charge in [0.2, 0.25) is 5.95 Å². The minimum Gasteiger partial charge on any atom is -0.337 e. The third-order valence-electron chi connectivity index (χ3n) is 2.83. The summed E-state index contributed by atoms with van der Waals surface area (Å²) >= 11 is 11.7. The van der Waals surface area contributed by atoms with Crippen LogP contribution in [0.15, 0.2) is 30.5 Å². The maximum absolute atomic E-state index is 13.5. The van der Waals surface area contributed by atoms with Crippen LogP contribution in [-0.2, 0) is 6.54 Å². The number of nitrogens with zero attached hydrogens (tertiary/aromatic N) is 2. The number of amides is 1. The number of rotatable bonds is 3. The molecule has 0 saturated carbocycles. The lowest BCUT2D eigenvalue weighted by atomic mass is 10.2. The van der Waals surface area contributed by atoms with Crippen molar-refractivity contribution < 1.29 is 13.6 Å². The topological polar surface area (TPSA) is 33.2 Å². The van der Waals surface area contributed by atoms with Gasteiger partial charge in [0.25, 0.3) is 5.91 Å². The lowest BCUT2D eigenvalue weighted by Crippen LogP contribution is -2.27. The smallest absolute Gasteiger partial charge is 0.257 e. The summed E-state index contributed by atoms with van der Waals surface area (Å²) in [5.74, 6) is -3.22. The maximum atomic E-state index is 13.5. The Hall–Kier alpha value is -1.72. The molecule has 0 aliphatic heterocycles. The van der Waals surface area contributed by atoms with Gasteiger partial charge in [0.05, 0.1) is 15.6 Å². The van der Waals surface area contributed by atoms with Crippen LogP contribution < -0.4 is 0 Å². The Morgan fingerprint density at radius 2 is 1.95 bits per heavy atom. The van der Waals surface area contributed by atoms with Crippen molar-refractivity contribution in [1.29, 1.82) is 0 Å². The van der Waals surface area contributed by atoms with Crippen molar-refractivity contribution in [2.75, 3.05) is 7.05 Å². The maximum Gasteiger partial charge on any atom is 0.257 e. The van der Waals surface area contributed by atoms with Crippen molar-refractivity contribution >= 4 is 29.1 Å². The second-order valence-electron chi connectivity index (χ2n) is 4.37. The number of pyridine rings is 1. The van der Waals surface area contributed by atoms with Crippen molar-refractivity contribution in [1.82, 2.24) is 9.88 Å². The Balaban J connectivity index is 2.19. The molecule has 1 amide bonds. The number of benzene rings is 1. The second kappa shape index (κ2) is 6.37. The van der Waals surface area contributed by atoms with Gasteiger partial charge in [-0.05, 0) is 23.8 Å². The first-order valence-corrected chi connectivity index (χ1v) is 6.65. The zero-order valence-corrected chi connectivity index (χ0v) is 12.4. The average molecular weight is 331 g/mol. The highest BCUT2D eigenvalue weighted by atomic mass is 35.5. The van der Waals surface area contributed by atoms with Crippen LogP contribution in [0.1, 0.15) is 15.9 Å². The quantitative estimate of drug-likeness (QED) is 0.798. The third-order valence-corrected chi connectivity index (χ3v) is 3.57. The largest absolute Gasteiger partial charge is 0.337 e. The predicted octanol–water partition coefficient (Wildman–Crippen LogP) is 3.94. The summed E-state index contributed by atoms with van der Waals surface area (Å²) in [6.07, 6.45) is 1.04. The standard InChI is InChI=1S/C14H10Cl2F2N2O/c1-20(7-8-2-3-10(15)11(16)6-8)14(21)9-4-5-19-13(18)12(9)17/h2-6H,7H2,1H3. The van der Waals surface area contributed by atoms with Gasteiger partial charge in [-0.15, -0.1) is 0 Å². The van der Waals surface area contributed by atoms with E-state index in [-0.39, 0.29) is 12.1 Å². The molecular formula is C14H10Cl2F2N2O. The molecular weight excluding hydrogens is 321 g/mol. The highest BCUT2D eigenvalue weighted by Crippen LogP contribution is 2.23. The first-order valence-electron chi connectivity index (χ1n) is 5.89. The van der Waals surface area contributed by atoms with Crippen LogP contribution in [0.5, 0.6) is 0 Å². The third kappa shape index (κ3) is 3.49. The first-order chi connectivity index (χ1) is 9.90. The molecule has 0 bridgehead atoms. The Labute approximate surface area is 130 Å². The van der Waals surface area contributed by atoms with Crippen LogP contribution in [0.4, 0.5) is 8.78 Å². The molecule has 110 valence electrons. The SMILES string of the molecule is CN(Cc1ccc(Cl)c(Cl)c1)C(=O)c1ccnc(F)c1F. The summed E-state index contributed by atoms with van der Waals surface area (Å²) in [7, 11) is 1.47. The molecule has 0 aliphatic rings. The lowest BCUT2D eigenvalue weighted by molar-refractivity contribution is 0.0779. The van der Waals surface area contributed by atoms with Crippen LogP contribution in [0.3, 0.4) is 0 Å². The lowest BCUT2D eigenvalue weighted by Gasteiger charge is -2.18. The van der Waals surface area contributed by atoms with E-state index in [2.05, 4.69) is 4.98 Å². The van der Waals surface area contributed by atoms with Gasteiger partial charge >= 0.3 is 0 Å². The van der Waals surface area contributed by atoms with Crippen LogP contribution in [-0.4, -0.2) is 22.8 Å². The minimum atomic E-state index is -1.30. The molecule has 21 heavy (non-hydrogen) atoms. The molecule has 0 unspecified atom stereocenters. The molecule has 2 rings (SSSR count). The fraction of sp³-hybridized carbons (Fsp3) is 0.143. The molecule has 0 atom stereocenters. The Bertz CT molecular complexity index is 695. The van der Waals surface area contributed by atoms with Gasteiger partial charge in [-0.25, -0.2) is 9.37 Å². The predicted molar refractivity (Wildman–Crippen MR) is 76.4 cm³/mol. The van der Waals surface area contributed by atoms with E-state index in [1.807, 2.05) is 0 Å². The summed E-state index contributed by atoms with van der Waals surface area (Å²) < 4.78 is 26.6. The van der Waals surface area contributed by atoms with E-state index >= 15 is 0 Å². The molecule has 1 aromatic carbocycles. The number of aromatic nitrogens is 1. The second-order valence-corrected chi connectivity index (χ2v) is 5.19. The van der Waals surface area contributed by atoms with Gasteiger partial charge in [-0.1, -0.05) is 29.3 Å². The van der Waals surface area contributed by atoms with Gasteiger partial charge in [-0.3, -0.25) is 4.79 Å². The van der Waals surface area contributed by atoms with Crippen molar-refractivity contribution in [2.24, 2.45) is 0 Å². The van der Waals surface area contributed by atoms with Crippen LogP contribution >= 0.6 is 23.2 Å². The van der Waals surface area contributed by atoms with E-state index in [9.17, 15) is 13.6 Å². The molecule has 0 aliphatic carbocycles. The van der Waals surface area contributed by atoms with Crippen LogP contribution in [0.2, 0.25) is 10.0 Å².